The molecule has 27 heavy (non-hydrogen) atoms. The fourth-order valence-electron chi connectivity index (χ4n) is 5.19. The number of hydrogen-bond donors (Lipinski definition) is 1. The summed E-state index contributed by atoms with van der Waals surface area (Å²) >= 11 is 0. The van der Waals surface area contributed by atoms with Crippen LogP contribution in [0.25, 0.3) is 11.4 Å². The Morgan fingerprint density at radius 1 is 1.22 bits per heavy atom. The first-order valence-electron chi connectivity index (χ1n) is 10.1. The predicted octanol–water partition coefficient (Wildman–Crippen LogP) is 4.08. The number of allylic oxidation sites excluding steroid dienone is 1. The molecule has 6 rings (SSSR count). The molecule has 0 saturated heterocycles. The third-order valence-corrected chi connectivity index (χ3v) is 7.17. The van der Waals surface area contributed by atoms with Gasteiger partial charge in [0, 0.05) is 49.1 Å². The van der Waals surface area contributed by atoms with Crippen LogP contribution in [0.4, 0.5) is 5.69 Å². The van der Waals surface area contributed by atoms with E-state index in [1.807, 2.05) is 30.5 Å². The average molecular weight is 361 g/mol. The Balaban J connectivity index is 1.31. The lowest BCUT2D eigenvalue weighted by Gasteiger charge is -2.57. The Bertz CT molecular complexity index is 897. The molecule has 1 aromatic carbocycles. The van der Waals surface area contributed by atoms with E-state index in [1.165, 1.54) is 24.1 Å². The summed E-state index contributed by atoms with van der Waals surface area (Å²) in [5, 5.41) is 0. The molecule has 2 atom stereocenters. The van der Waals surface area contributed by atoms with Gasteiger partial charge in [0.15, 0.2) is 5.82 Å². The van der Waals surface area contributed by atoms with E-state index < -0.39 is 0 Å². The minimum atomic E-state index is 0.509. The van der Waals surface area contributed by atoms with Crippen molar-refractivity contribution in [2.75, 3.05) is 18.8 Å². The predicted molar refractivity (Wildman–Crippen MR) is 109 cm³/mol. The first-order valence-corrected chi connectivity index (χ1v) is 10.1. The van der Waals surface area contributed by atoms with Crippen LogP contribution in [0.15, 0.2) is 42.1 Å². The smallest absolute Gasteiger partial charge is 0.159 e. The van der Waals surface area contributed by atoms with E-state index in [1.54, 1.807) is 5.57 Å². The first kappa shape index (κ1) is 16.9. The van der Waals surface area contributed by atoms with E-state index in [2.05, 4.69) is 29.8 Å². The summed E-state index contributed by atoms with van der Waals surface area (Å²) in [6.07, 6.45) is 8.23. The summed E-state index contributed by atoms with van der Waals surface area (Å²) < 4.78 is 0. The molecule has 2 bridgehead atoms. The number of nitrogen functional groups attached to an aromatic ring is 1. The fourth-order valence-corrected chi connectivity index (χ4v) is 5.19. The van der Waals surface area contributed by atoms with Crippen LogP contribution in [-0.4, -0.2) is 28.0 Å². The van der Waals surface area contributed by atoms with Crippen molar-refractivity contribution >= 4 is 5.69 Å². The van der Waals surface area contributed by atoms with Crippen molar-refractivity contribution in [2.24, 2.45) is 17.3 Å². The summed E-state index contributed by atoms with van der Waals surface area (Å²) in [4.78, 5) is 12.1. The lowest BCUT2D eigenvalue weighted by atomic mass is 9.49. The van der Waals surface area contributed by atoms with Crippen LogP contribution < -0.4 is 5.73 Å². The minimum Gasteiger partial charge on any atom is -0.399 e. The standard InChI is InChI=1S/C23H28N4/c1-23(2)18-6-3-16(20(23)11-18)13-27-10-9-21-17(14-27)12-25-22(26-21)15-4-7-19(24)8-5-15/h3-5,7-8,12,18,20H,6,9-11,13-14,24H2,1-2H3. The molecule has 2 aromatic rings. The van der Waals surface area contributed by atoms with Crippen molar-refractivity contribution in [2.45, 2.75) is 39.7 Å². The van der Waals surface area contributed by atoms with Crippen molar-refractivity contribution in [3.05, 3.63) is 53.4 Å². The summed E-state index contributed by atoms with van der Waals surface area (Å²) in [7, 11) is 0. The maximum atomic E-state index is 5.79. The Morgan fingerprint density at radius 3 is 2.78 bits per heavy atom. The molecule has 0 amide bonds. The second-order valence-corrected chi connectivity index (χ2v) is 9.07. The molecule has 2 heterocycles. The lowest BCUT2D eigenvalue weighted by molar-refractivity contribution is -0.0110. The molecule has 4 heteroatoms. The Morgan fingerprint density at radius 2 is 2.04 bits per heavy atom. The molecular weight excluding hydrogens is 332 g/mol. The van der Waals surface area contributed by atoms with Gasteiger partial charge in [-0.1, -0.05) is 25.5 Å². The van der Waals surface area contributed by atoms with Crippen LogP contribution in [0.1, 0.15) is 37.9 Å². The zero-order valence-corrected chi connectivity index (χ0v) is 16.3. The Hall–Kier alpha value is -2.20. The number of benzene rings is 1. The van der Waals surface area contributed by atoms with Gasteiger partial charge in [0.2, 0.25) is 0 Å². The van der Waals surface area contributed by atoms with Crippen molar-refractivity contribution < 1.29 is 0 Å². The zero-order valence-electron chi connectivity index (χ0n) is 16.3. The summed E-state index contributed by atoms with van der Waals surface area (Å²) in [5.41, 5.74) is 12.3. The number of nitrogens with zero attached hydrogens (tertiary/aromatic N) is 3. The van der Waals surface area contributed by atoms with Crippen LogP contribution in [-0.2, 0) is 13.0 Å². The van der Waals surface area contributed by atoms with Crippen molar-refractivity contribution in [1.82, 2.24) is 14.9 Å². The molecule has 1 aromatic heterocycles. The SMILES string of the molecule is CC1(C)C2CC=C(CN3CCc4nc(-c5ccc(N)cc5)ncc4C3)C1C2. The van der Waals surface area contributed by atoms with E-state index in [9.17, 15) is 0 Å². The van der Waals surface area contributed by atoms with Gasteiger partial charge in [-0.3, -0.25) is 4.90 Å². The summed E-state index contributed by atoms with van der Waals surface area (Å²) in [5.74, 6) is 2.51. The number of hydrogen-bond acceptors (Lipinski definition) is 4. The highest BCUT2D eigenvalue weighted by atomic mass is 15.1. The summed E-state index contributed by atoms with van der Waals surface area (Å²) in [6.45, 7) is 8.07. The minimum absolute atomic E-state index is 0.509. The second-order valence-electron chi connectivity index (χ2n) is 9.07. The van der Waals surface area contributed by atoms with Crippen LogP contribution in [0.3, 0.4) is 0 Å². The highest BCUT2D eigenvalue weighted by Crippen LogP contribution is 2.59. The monoisotopic (exact) mass is 360 g/mol. The van der Waals surface area contributed by atoms with Gasteiger partial charge in [-0.05, 0) is 54.4 Å². The van der Waals surface area contributed by atoms with Crippen molar-refractivity contribution in [3.8, 4) is 11.4 Å². The van der Waals surface area contributed by atoms with Crippen LogP contribution in [0.5, 0.6) is 0 Å². The van der Waals surface area contributed by atoms with E-state index >= 15 is 0 Å². The van der Waals surface area contributed by atoms with E-state index in [0.29, 0.717) is 5.41 Å². The molecule has 1 aliphatic heterocycles. The number of rotatable bonds is 3. The van der Waals surface area contributed by atoms with Gasteiger partial charge in [-0.15, -0.1) is 0 Å². The van der Waals surface area contributed by atoms with E-state index in [4.69, 9.17) is 10.7 Å². The molecule has 1 fully saturated rings. The van der Waals surface area contributed by atoms with Gasteiger partial charge in [0.05, 0.1) is 5.69 Å². The first-order chi connectivity index (χ1) is 13.0. The molecule has 4 nitrogen and oxygen atoms in total. The molecule has 0 spiro atoms. The van der Waals surface area contributed by atoms with Gasteiger partial charge in [-0.2, -0.15) is 0 Å². The highest BCUT2D eigenvalue weighted by Gasteiger charge is 2.51. The third-order valence-electron chi connectivity index (χ3n) is 7.17. The van der Waals surface area contributed by atoms with Gasteiger partial charge < -0.3 is 5.73 Å². The Kier molecular flexibility index (Phi) is 3.87. The molecule has 140 valence electrons. The zero-order chi connectivity index (χ0) is 18.6. The number of anilines is 1. The highest BCUT2D eigenvalue weighted by molar-refractivity contribution is 5.58. The molecule has 0 radical (unpaired) electrons. The average Bonchev–Trinajstić information content (AvgIpc) is 2.68. The van der Waals surface area contributed by atoms with Gasteiger partial charge in [0.25, 0.3) is 0 Å². The Labute approximate surface area is 161 Å². The van der Waals surface area contributed by atoms with Gasteiger partial charge in [-0.25, -0.2) is 9.97 Å². The number of nitrogens with two attached hydrogens (primary N) is 1. The lowest BCUT2D eigenvalue weighted by Crippen LogP contribution is -2.50. The summed E-state index contributed by atoms with van der Waals surface area (Å²) in [6, 6.07) is 7.80. The van der Waals surface area contributed by atoms with Crippen molar-refractivity contribution in [1.29, 1.82) is 0 Å². The third kappa shape index (κ3) is 2.87. The van der Waals surface area contributed by atoms with Crippen LogP contribution in [0.2, 0.25) is 0 Å². The van der Waals surface area contributed by atoms with Crippen LogP contribution in [0, 0.1) is 17.3 Å². The quantitative estimate of drug-likeness (QED) is 0.662. The molecule has 3 aliphatic carbocycles. The van der Waals surface area contributed by atoms with E-state index in [-0.39, 0.29) is 0 Å². The maximum absolute atomic E-state index is 5.79. The molecule has 2 unspecified atom stereocenters. The van der Waals surface area contributed by atoms with Gasteiger partial charge in [0.1, 0.15) is 0 Å². The second kappa shape index (κ2) is 6.16. The number of fused-ring (bicyclic) bond motifs is 2. The normalized spacial score (nSPS) is 26.1. The molecule has 1 saturated carbocycles. The van der Waals surface area contributed by atoms with Crippen molar-refractivity contribution in [3.63, 3.8) is 0 Å². The van der Waals surface area contributed by atoms with E-state index in [0.717, 1.165) is 55.0 Å². The molecule has 2 N–H and O–H groups in total. The fraction of sp³-hybridized carbons (Fsp3) is 0.478. The van der Waals surface area contributed by atoms with Crippen LogP contribution >= 0.6 is 0 Å². The number of aromatic nitrogens is 2. The topological polar surface area (TPSA) is 55.0 Å². The largest absolute Gasteiger partial charge is 0.399 e. The maximum Gasteiger partial charge on any atom is 0.159 e. The molecular formula is C23H28N4. The van der Waals surface area contributed by atoms with Gasteiger partial charge >= 0.3 is 0 Å². The molecule has 4 aliphatic rings.